The number of rotatable bonds is 5. The number of ether oxygens (including phenoxy) is 2. The molecule has 3 aromatic carbocycles. The Morgan fingerprint density at radius 2 is 1.76 bits per heavy atom. The van der Waals surface area contributed by atoms with Crippen molar-refractivity contribution in [2.45, 2.75) is 13.0 Å². The zero-order valence-electron chi connectivity index (χ0n) is 19.0. The molecule has 0 atom stereocenters. The zero-order chi connectivity index (χ0) is 23.7. The van der Waals surface area contributed by atoms with Crippen molar-refractivity contribution in [1.82, 2.24) is 14.7 Å². The van der Waals surface area contributed by atoms with Crippen LogP contribution in [0.5, 0.6) is 11.5 Å². The van der Waals surface area contributed by atoms with Gasteiger partial charge in [0.2, 0.25) is 0 Å². The van der Waals surface area contributed by atoms with Crippen molar-refractivity contribution in [1.29, 1.82) is 0 Å². The average molecular weight is 474 g/mol. The van der Waals surface area contributed by atoms with Crippen LogP contribution in [-0.2, 0) is 13.0 Å². The minimum atomic E-state index is -0.0827. The van der Waals surface area contributed by atoms with Gasteiger partial charge in [0, 0.05) is 29.7 Å². The van der Waals surface area contributed by atoms with Crippen molar-refractivity contribution in [2.75, 3.05) is 20.8 Å². The third-order valence-corrected chi connectivity index (χ3v) is 6.32. The van der Waals surface area contributed by atoms with Crippen LogP contribution < -0.4 is 9.47 Å². The van der Waals surface area contributed by atoms with Gasteiger partial charge in [0.05, 0.1) is 25.6 Å². The highest BCUT2D eigenvalue weighted by atomic mass is 35.5. The van der Waals surface area contributed by atoms with E-state index in [-0.39, 0.29) is 5.91 Å². The van der Waals surface area contributed by atoms with Gasteiger partial charge in [-0.1, -0.05) is 41.9 Å². The predicted molar refractivity (Wildman–Crippen MR) is 132 cm³/mol. The van der Waals surface area contributed by atoms with Crippen molar-refractivity contribution in [3.05, 3.63) is 94.6 Å². The number of carbonyl (C=O) groups excluding carboxylic acids is 1. The second kappa shape index (κ2) is 9.23. The Morgan fingerprint density at radius 1 is 0.941 bits per heavy atom. The third kappa shape index (κ3) is 4.13. The molecule has 0 saturated heterocycles. The fourth-order valence-corrected chi connectivity index (χ4v) is 4.50. The number of hydrogen-bond acceptors (Lipinski definition) is 4. The first kappa shape index (κ1) is 22.0. The summed E-state index contributed by atoms with van der Waals surface area (Å²) in [5.74, 6) is 1.21. The van der Waals surface area contributed by atoms with E-state index < -0.39 is 0 Å². The van der Waals surface area contributed by atoms with Crippen molar-refractivity contribution >= 4 is 17.5 Å². The molecule has 172 valence electrons. The lowest BCUT2D eigenvalue weighted by Gasteiger charge is -2.29. The largest absolute Gasteiger partial charge is 0.497 e. The Balaban J connectivity index is 1.59. The summed E-state index contributed by atoms with van der Waals surface area (Å²) in [7, 11) is 3.21. The van der Waals surface area contributed by atoms with E-state index in [9.17, 15) is 4.79 Å². The summed E-state index contributed by atoms with van der Waals surface area (Å²) in [5.41, 5.74) is 5.04. The van der Waals surface area contributed by atoms with Crippen molar-refractivity contribution < 1.29 is 14.3 Å². The summed E-state index contributed by atoms with van der Waals surface area (Å²) in [4.78, 5) is 15.6. The van der Waals surface area contributed by atoms with E-state index in [1.165, 1.54) is 11.1 Å². The smallest absolute Gasteiger partial charge is 0.272 e. The molecule has 0 unspecified atom stereocenters. The number of aromatic nitrogens is 2. The zero-order valence-corrected chi connectivity index (χ0v) is 19.7. The van der Waals surface area contributed by atoms with Gasteiger partial charge in [0.25, 0.3) is 5.91 Å². The van der Waals surface area contributed by atoms with Crippen LogP contribution in [0.3, 0.4) is 0 Å². The van der Waals surface area contributed by atoms with Gasteiger partial charge >= 0.3 is 0 Å². The number of nitrogens with zero attached hydrogens (tertiary/aromatic N) is 3. The molecule has 1 aromatic heterocycles. The molecule has 6 nitrogen and oxygen atoms in total. The van der Waals surface area contributed by atoms with Gasteiger partial charge in [-0.2, -0.15) is 5.10 Å². The molecule has 1 aliphatic rings. The maximum absolute atomic E-state index is 13.8. The molecule has 4 aromatic rings. The number of halogens is 1. The van der Waals surface area contributed by atoms with E-state index in [1.807, 2.05) is 47.4 Å². The molecule has 0 fully saturated rings. The second-order valence-corrected chi connectivity index (χ2v) is 8.55. The fraction of sp³-hybridized carbons (Fsp3) is 0.185. The topological polar surface area (TPSA) is 56.6 Å². The van der Waals surface area contributed by atoms with Gasteiger partial charge in [-0.3, -0.25) is 4.79 Å². The molecule has 5 rings (SSSR count). The first-order valence-corrected chi connectivity index (χ1v) is 11.4. The van der Waals surface area contributed by atoms with Crippen molar-refractivity contribution in [3.8, 4) is 28.4 Å². The van der Waals surface area contributed by atoms with Gasteiger partial charge in [-0.15, -0.1) is 0 Å². The highest BCUT2D eigenvalue weighted by Gasteiger charge is 2.26. The van der Waals surface area contributed by atoms with Gasteiger partial charge in [0.15, 0.2) is 0 Å². The van der Waals surface area contributed by atoms with E-state index in [0.717, 1.165) is 12.0 Å². The maximum Gasteiger partial charge on any atom is 0.272 e. The summed E-state index contributed by atoms with van der Waals surface area (Å²) in [6.07, 6.45) is 0.826. The number of benzene rings is 3. The van der Waals surface area contributed by atoms with Crippen molar-refractivity contribution in [3.63, 3.8) is 0 Å². The van der Waals surface area contributed by atoms with Gasteiger partial charge in [-0.25, -0.2) is 4.68 Å². The highest BCUT2D eigenvalue weighted by molar-refractivity contribution is 6.30. The summed E-state index contributed by atoms with van der Waals surface area (Å²) in [6, 6.07) is 22.9. The quantitative estimate of drug-likeness (QED) is 0.389. The maximum atomic E-state index is 13.8. The summed E-state index contributed by atoms with van der Waals surface area (Å²) in [6.45, 7) is 1.22. The molecule has 0 N–H and O–H groups in total. The molecule has 0 radical (unpaired) electrons. The lowest BCUT2D eigenvalue weighted by molar-refractivity contribution is 0.0725. The van der Waals surface area contributed by atoms with Gasteiger partial charge < -0.3 is 14.4 Å². The molecule has 0 spiro atoms. The first-order valence-electron chi connectivity index (χ1n) is 11.0. The number of methoxy groups -OCH3 is 2. The lowest BCUT2D eigenvalue weighted by atomic mass is 9.99. The van der Waals surface area contributed by atoms with Gasteiger partial charge in [0.1, 0.15) is 17.2 Å². The molecule has 7 heteroatoms. The van der Waals surface area contributed by atoms with E-state index in [1.54, 1.807) is 37.1 Å². The van der Waals surface area contributed by atoms with Crippen LogP contribution in [0.1, 0.15) is 21.6 Å². The Hall–Kier alpha value is -3.77. The van der Waals surface area contributed by atoms with Crippen LogP contribution in [0.25, 0.3) is 16.9 Å². The van der Waals surface area contributed by atoms with Crippen molar-refractivity contribution in [2.24, 2.45) is 0 Å². The van der Waals surface area contributed by atoms with E-state index in [0.29, 0.717) is 46.7 Å². The first-order chi connectivity index (χ1) is 16.6. The van der Waals surface area contributed by atoms with E-state index >= 15 is 0 Å². The molecule has 0 aliphatic carbocycles. The Morgan fingerprint density at radius 3 is 2.53 bits per heavy atom. The SMILES string of the molecule is COc1ccc(-c2cc(C(=O)N3CCc4ccccc4C3)n(-c3cccc(Cl)c3)n2)c(OC)c1. The summed E-state index contributed by atoms with van der Waals surface area (Å²) < 4.78 is 12.6. The highest BCUT2D eigenvalue weighted by Crippen LogP contribution is 2.34. The minimum absolute atomic E-state index is 0.0827. The molecule has 0 bridgehead atoms. The Kier molecular flexibility index (Phi) is 5.99. The molecule has 1 amide bonds. The van der Waals surface area contributed by atoms with Crippen LogP contribution in [0, 0.1) is 0 Å². The minimum Gasteiger partial charge on any atom is -0.497 e. The molecule has 1 aliphatic heterocycles. The molecular formula is C27H24ClN3O3. The van der Waals surface area contributed by atoms with E-state index in [4.69, 9.17) is 26.2 Å². The Labute approximate surface area is 203 Å². The number of fused-ring (bicyclic) bond motifs is 1. The average Bonchev–Trinajstić information content (AvgIpc) is 3.33. The van der Waals surface area contributed by atoms with Crippen LogP contribution in [-0.4, -0.2) is 41.4 Å². The van der Waals surface area contributed by atoms with Gasteiger partial charge in [-0.05, 0) is 53.9 Å². The van der Waals surface area contributed by atoms with Crippen LogP contribution in [0.15, 0.2) is 72.8 Å². The molecule has 2 heterocycles. The number of carbonyl (C=O) groups is 1. The third-order valence-electron chi connectivity index (χ3n) is 6.08. The Bertz CT molecular complexity index is 1360. The number of hydrogen-bond donors (Lipinski definition) is 0. The van der Waals surface area contributed by atoms with Crippen LogP contribution in [0.2, 0.25) is 5.02 Å². The standard InChI is InChI=1S/C27H24ClN3O3/c1-33-22-10-11-23(26(15-22)34-2)24-16-25(31(29-24)21-9-5-8-20(28)14-21)27(32)30-13-12-18-6-3-4-7-19(18)17-30/h3-11,14-16H,12-13,17H2,1-2H3. The molecular weight excluding hydrogens is 450 g/mol. The summed E-state index contributed by atoms with van der Waals surface area (Å²) >= 11 is 6.27. The van der Waals surface area contributed by atoms with E-state index in [2.05, 4.69) is 12.1 Å². The fourth-order valence-electron chi connectivity index (χ4n) is 4.31. The molecule has 0 saturated carbocycles. The second-order valence-electron chi connectivity index (χ2n) is 8.12. The molecule has 34 heavy (non-hydrogen) atoms. The van der Waals surface area contributed by atoms with Crippen LogP contribution in [0.4, 0.5) is 0 Å². The lowest BCUT2D eigenvalue weighted by Crippen LogP contribution is -2.37. The predicted octanol–water partition coefficient (Wildman–Crippen LogP) is 5.41. The van der Waals surface area contributed by atoms with Crippen LogP contribution >= 0.6 is 11.6 Å². The summed E-state index contributed by atoms with van der Waals surface area (Å²) in [5, 5.41) is 5.38. The number of amides is 1. The normalized spacial score (nSPS) is 12.9. The monoisotopic (exact) mass is 473 g/mol.